The number of carbonyl (C=O) groups excluding carboxylic acids is 1. The smallest absolute Gasteiger partial charge is 0.223 e. The van der Waals surface area contributed by atoms with E-state index in [2.05, 4.69) is 5.32 Å². The van der Waals surface area contributed by atoms with Crippen molar-refractivity contribution in [3.63, 3.8) is 0 Å². The zero-order chi connectivity index (χ0) is 15.2. The average molecular weight is 331 g/mol. The average Bonchev–Trinajstić information content (AvgIpc) is 2.87. The minimum absolute atomic E-state index is 0.0756. The van der Waals surface area contributed by atoms with Gasteiger partial charge in [-0.2, -0.15) is 0 Å². The molecule has 0 spiro atoms. The molecule has 0 heterocycles. The standard InChI is InChI=1S/C15H20Cl2N2O2/c16-11-3-5-14(13(17)9-11)21-7-1-6-19-15(20)10-2-4-12(18)8-10/h3,5,9-10,12H,1-2,4,6-8,18H2,(H,19,20). The van der Waals surface area contributed by atoms with E-state index in [-0.39, 0.29) is 17.9 Å². The lowest BCUT2D eigenvalue weighted by molar-refractivity contribution is -0.124. The summed E-state index contributed by atoms with van der Waals surface area (Å²) in [5, 5.41) is 4.00. The molecule has 1 fully saturated rings. The van der Waals surface area contributed by atoms with Crippen LogP contribution in [0.15, 0.2) is 18.2 Å². The number of ether oxygens (including phenoxy) is 1. The predicted octanol–water partition coefficient (Wildman–Crippen LogP) is 3.01. The van der Waals surface area contributed by atoms with Gasteiger partial charge in [0.2, 0.25) is 5.91 Å². The van der Waals surface area contributed by atoms with Crippen LogP contribution in [-0.4, -0.2) is 25.1 Å². The van der Waals surface area contributed by atoms with Crippen LogP contribution in [0.2, 0.25) is 10.0 Å². The summed E-state index contributed by atoms with van der Waals surface area (Å²) in [7, 11) is 0. The van der Waals surface area contributed by atoms with Gasteiger partial charge in [0, 0.05) is 23.5 Å². The van der Waals surface area contributed by atoms with Gasteiger partial charge in [-0.3, -0.25) is 4.79 Å². The Morgan fingerprint density at radius 2 is 2.19 bits per heavy atom. The van der Waals surface area contributed by atoms with Gasteiger partial charge in [0.25, 0.3) is 0 Å². The molecular formula is C15H20Cl2N2O2. The summed E-state index contributed by atoms with van der Waals surface area (Å²) in [6, 6.07) is 5.29. The lowest BCUT2D eigenvalue weighted by Crippen LogP contribution is -2.31. The first-order valence-corrected chi connectivity index (χ1v) is 7.93. The highest BCUT2D eigenvalue weighted by Gasteiger charge is 2.27. The maximum atomic E-state index is 11.9. The first-order chi connectivity index (χ1) is 10.1. The topological polar surface area (TPSA) is 64.4 Å². The molecule has 0 aliphatic heterocycles. The molecule has 1 aromatic carbocycles. The van der Waals surface area contributed by atoms with Gasteiger partial charge in [0.05, 0.1) is 11.6 Å². The first-order valence-electron chi connectivity index (χ1n) is 7.17. The Bertz CT molecular complexity index is 497. The van der Waals surface area contributed by atoms with Crippen molar-refractivity contribution in [3.8, 4) is 5.75 Å². The Morgan fingerprint density at radius 3 is 2.86 bits per heavy atom. The van der Waals surface area contributed by atoms with Gasteiger partial charge in [-0.1, -0.05) is 23.2 Å². The van der Waals surface area contributed by atoms with Gasteiger partial charge in [-0.25, -0.2) is 0 Å². The number of benzene rings is 1. The van der Waals surface area contributed by atoms with Crippen LogP contribution >= 0.6 is 23.2 Å². The summed E-state index contributed by atoms with van der Waals surface area (Å²) < 4.78 is 5.55. The summed E-state index contributed by atoms with van der Waals surface area (Å²) in [5.41, 5.74) is 5.81. The van der Waals surface area contributed by atoms with Gasteiger partial charge < -0.3 is 15.8 Å². The van der Waals surface area contributed by atoms with E-state index < -0.39 is 0 Å². The summed E-state index contributed by atoms with van der Waals surface area (Å²) in [4.78, 5) is 11.9. The van der Waals surface area contributed by atoms with Crippen molar-refractivity contribution >= 4 is 29.1 Å². The Hall–Kier alpha value is -0.970. The Morgan fingerprint density at radius 1 is 1.38 bits per heavy atom. The molecule has 0 saturated heterocycles. The summed E-state index contributed by atoms with van der Waals surface area (Å²) in [6.45, 7) is 1.08. The van der Waals surface area contributed by atoms with Gasteiger partial charge in [0.1, 0.15) is 5.75 Å². The molecule has 4 nitrogen and oxygen atoms in total. The van der Waals surface area contributed by atoms with Crippen molar-refractivity contribution in [1.29, 1.82) is 0 Å². The van der Waals surface area contributed by atoms with Crippen molar-refractivity contribution in [1.82, 2.24) is 5.32 Å². The number of carbonyl (C=O) groups is 1. The number of hydrogen-bond acceptors (Lipinski definition) is 3. The lowest BCUT2D eigenvalue weighted by Gasteiger charge is -2.11. The largest absolute Gasteiger partial charge is 0.492 e. The molecule has 0 bridgehead atoms. The SMILES string of the molecule is NC1CCC(C(=O)NCCCOc2ccc(Cl)cc2Cl)C1. The molecule has 1 amide bonds. The summed E-state index contributed by atoms with van der Waals surface area (Å²) in [6.07, 6.45) is 3.35. The van der Waals surface area contributed by atoms with E-state index in [0.717, 1.165) is 25.7 Å². The normalized spacial score (nSPS) is 21.3. The van der Waals surface area contributed by atoms with Gasteiger partial charge in [-0.15, -0.1) is 0 Å². The number of rotatable bonds is 6. The van der Waals surface area contributed by atoms with E-state index in [4.69, 9.17) is 33.7 Å². The van der Waals surface area contributed by atoms with E-state index in [1.807, 2.05) is 0 Å². The molecule has 0 aromatic heterocycles. The fourth-order valence-electron chi connectivity index (χ4n) is 2.46. The Labute approximate surface area is 134 Å². The lowest BCUT2D eigenvalue weighted by atomic mass is 10.1. The van der Waals surface area contributed by atoms with Crippen molar-refractivity contribution in [2.24, 2.45) is 11.7 Å². The molecule has 1 aromatic rings. The molecule has 1 aliphatic rings. The fraction of sp³-hybridized carbons (Fsp3) is 0.533. The highest BCUT2D eigenvalue weighted by Crippen LogP contribution is 2.27. The van der Waals surface area contributed by atoms with Crippen LogP contribution < -0.4 is 15.8 Å². The number of amides is 1. The van der Waals surface area contributed by atoms with Gasteiger partial charge in [0.15, 0.2) is 0 Å². The van der Waals surface area contributed by atoms with Crippen LogP contribution in [0.4, 0.5) is 0 Å². The first kappa shape index (κ1) is 16.4. The van der Waals surface area contributed by atoms with Gasteiger partial charge in [-0.05, 0) is 43.9 Å². The van der Waals surface area contributed by atoms with Crippen LogP contribution in [0.1, 0.15) is 25.7 Å². The van der Waals surface area contributed by atoms with E-state index in [0.29, 0.717) is 28.9 Å². The third kappa shape index (κ3) is 5.06. The van der Waals surface area contributed by atoms with E-state index in [9.17, 15) is 4.79 Å². The molecule has 2 atom stereocenters. The molecule has 21 heavy (non-hydrogen) atoms. The fourth-order valence-corrected chi connectivity index (χ4v) is 2.92. The minimum Gasteiger partial charge on any atom is -0.492 e. The van der Waals surface area contributed by atoms with E-state index in [1.165, 1.54) is 0 Å². The monoisotopic (exact) mass is 330 g/mol. The minimum atomic E-state index is 0.0756. The molecule has 2 rings (SSSR count). The van der Waals surface area contributed by atoms with Gasteiger partial charge >= 0.3 is 0 Å². The van der Waals surface area contributed by atoms with Crippen LogP contribution in [0.3, 0.4) is 0 Å². The highest BCUT2D eigenvalue weighted by atomic mass is 35.5. The second kappa shape index (κ2) is 7.87. The number of nitrogens with two attached hydrogens (primary N) is 1. The number of halogens is 2. The zero-order valence-electron chi connectivity index (χ0n) is 11.8. The zero-order valence-corrected chi connectivity index (χ0v) is 13.3. The van der Waals surface area contributed by atoms with Crippen LogP contribution in [0.25, 0.3) is 0 Å². The molecular weight excluding hydrogens is 311 g/mol. The molecule has 3 N–H and O–H groups in total. The van der Waals surface area contributed by atoms with E-state index >= 15 is 0 Å². The van der Waals surface area contributed by atoms with Crippen molar-refractivity contribution in [3.05, 3.63) is 28.2 Å². The second-order valence-electron chi connectivity index (χ2n) is 5.34. The Balaban J connectivity index is 1.62. The van der Waals surface area contributed by atoms with E-state index in [1.54, 1.807) is 18.2 Å². The predicted molar refractivity (Wildman–Crippen MR) is 84.9 cm³/mol. The summed E-state index contributed by atoms with van der Waals surface area (Å²) in [5.74, 6) is 0.785. The van der Waals surface area contributed by atoms with Crippen LogP contribution in [0, 0.1) is 5.92 Å². The molecule has 1 aliphatic carbocycles. The molecule has 6 heteroatoms. The molecule has 1 saturated carbocycles. The Kier molecular flexibility index (Phi) is 6.15. The third-order valence-electron chi connectivity index (χ3n) is 3.62. The maximum Gasteiger partial charge on any atom is 0.223 e. The quantitative estimate of drug-likeness (QED) is 0.788. The second-order valence-corrected chi connectivity index (χ2v) is 6.18. The van der Waals surface area contributed by atoms with Crippen LogP contribution in [0.5, 0.6) is 5.75 Å². The third-order valence-corrected chi connectivity index (χ3v) is 4.15. The number of nitrogens with one attached hydrogen (secondary N) is 1. The molecule has 0 radical (unpaired) electrons. The summed E-state index contributed by atoms with van der Waals surface area (Å²) >= 11 is 11.8. The molecule has 116 valence electrons. The number of hydrogen-bond donors (Lipinski definition) is 2. The van der Waals surface area contributed by atoms with Crippen molar-refractivity contribution < 1.29 is 9.53 Å². The van der Waals surface area contributed by atoms with Crippen LogP contribution in [-0.2, 0) is 4.79 Å². The molecule has 2 unspecified atom stereocenters. The van der Waals surface area contributed by atoms with Crippen molar-refractivity contribution in [2.45, 2.75) is 31.7 Å². The van der Waals surface area contributed by atoms with Crippen molar-refractivity contribution in [2.75, 3.05) is 13.2 Å². The highest BCUT2D eigenvalue weighted by molar-refractivity contribution is 6.35. The maximum absolute atomic E-state index is 11.9.